The molecule has 1 amide bonds. The molecular formula is C15H9F3N4OS. The lowest BCUT2D eigenvalue weighted by molar-refractivity contribution is -0.137. The van der Waals surface area contributed by atoms with Gasteiger partial charge in [-0.3, -0.25) is 15.1 Å². The molecular weight excluding hydrogens is 341 g/mol. The van der Waals surface area contributed by atoms with Crippen molar-refractivity contribution in [1.29, 1.82) is 0 Å². The van der Waals surface area contributed by atoms with Gasteiger partial charge in [0.05, 0.1) is 23.7 Å². The van der Waals surface area contributed by atoms with E-state index in [0.717, 1.165) is 12.1 Å². The minimum atomic E-state index is -4.40. The maximum atomic E-state index is 12.6. The topological polar surface area (TPSA) is 67.8 Å². The molecule has 1 N–H and O–H groups in total. The van der Waals surface area contributed by atoms with Crippen LogP contribution in [-0.4, -0.2) is 20.9 Å². The average Bonchev–Trinajstić information content (AvgIpc) is 3.07. The van der Waals surface area contributed by atoms with Crippen molar-refractivity contribution in [2.24, 2.45) is 0 Å². The summed E-state index contributed by atoms with van der Waals surface area (Å²) in [6, 6.07) is 4.49. The second kappa shape index (κ2) is 6.36. The summed E-state index contributed by atoms with van der Waals surface area (Å²) in [5.41, 5.74) is 0.0226. The average molecular weight is 350 g/mol. The van der Waals surface area contributed by atoms with Crippen LogP contribution in [0.3, 0.4) is 0 Å². The number of carbonyl (C=O) groups is 1. The highest BCUT2D eigenvalue weighted by Crippen LogP contribution is 2.30. The van der Waals surface area contributed by atoms with Crippen LogP contribution in [0.4, 0.5) is 18.3 Å². The second-order valence-electron chi connectivity index (χ2n) is 4.66. The van der Waals surface area contributed by atoms with E-state index in [4.69, 9.17) is 0 Å². The molecule has 0 atom stereocenters. The largest absolute Gasteiger partial charge is 0.416 e. The van der Waals surface area contributed by atoms with Gasteiger partial charge in [-0.1, -0.05) is 12.1 Å². The molecule has 0 saturated carbocycles. The van der Waals surface area contributed by atoms with Crippen LogP contribution in [0.5, 0.6) is 0 Å². The summed E-state index contributed by atoms with van der Waals surface area (Å²) in [6.45, 7) is 0. The highest BCUT2D eigenvalue weighted by Gasteiger charge is 2.30. The number of alkyl halides is 3. The lowest BCUT2D eigenvalue weighted by atomic mass is 10.1. The first-order chi connectivity index (χ1) is 11.4. The smallest absolute Gasteiger partial charge is 0.296 e. The van der Waals surface area contributed by atoms with Crippen molar-refractivity contribution in [1.82, 2.24) is 15.0 Å². The maximum Gasteiger partial charge on any atom is 0.416 e. The number of thiazole rings is 1. The molecule has 0 saturated heterocycles. The van der Waals surface area contributed by atoms with E-state index in [1.54, 1.807) is 11.6 Å². The minimum absolute atomic E-state index is 0.0441. The van der Waals surface area contributed by atoms with Crippen molar-refractivity contribution in [3.8, 4) is 11.3 Å². The summed E-state index contributed by atoms with van der Waals surface area (Å²) in [6.07, 6.45) is -0.205. The second-order valence-corrected chi connectivity index (χ2v) is 5.55. The van der Waals surface area contributed by atoms with Crippen molar-refractivity contribution < 1.29 is 18.0 Å². The van der Waals surface area contributed by atoms with Crippen LogP contribution in [0.1, 0.15) is 16.1 Å². The predicted molar refractivity (Wildman–Crippen MR) is 82.5 cm³/mol. The van der Waals surface area contributed by atoms with Gasteiger partial charge in [0.1, 0.15) is 5.69 Å². The molecule has 0 aliphatic carbocycles. The molecule has 0 aliphatic rings. The molecule has 9 heteroatoms. The standard InChI is InChI=1S/C15H9F3N4OS/c16-15(17,18)10-3-1-9(2-4-10)11-7-19-8-12(21-11)13(23)22-14-20-5-6-24-14/h1-8H,(H,20,22,23). The molecule has 0 unspecified atom stereocenters. The molecule has 0 spiro atoms. The first-order valence-electron chi connectivity index (χ1n) is 6.64. The first kappa shape index (κ1) is 16.1. The number of anilines is 1. The number of hydrogen-bond acceptors (Lipinski definition) is 5. The molecule has 5 nitrogen and oxygen atoms in total. The van der Waals surface area contributed by atoms with Crippen molar-refractivity contribution in [2.45, 2.75) is 6.18 Å². The summed E-state index contributed by atoms with van der Waals surface area (Å²) in [4.78, 5) is 24.1. The van der Waals surface area contributed by atoms with E-state index >= 15 is 0 Å². The number of benzene rings is 1. The Morgan fingerprint density at radius 3 is 2.50 bits per heavy atom. The Labute approximate surface area is 138 Å². The summed E-state index contributed by atoms with van der Waals surface area (Å²) < 4.78 is 37.8. The molecule has 3 aromatic rings. The Morgan fingerprint density at radius 1 is 1.12 bits per heavy atom. The zero-order chi connectivity index (χ0) is 17.2. The number of nitrogens with one attached hydrogen (secondary N) is 1. The van der Waals surface area contributed by atoms with Crippen molar-refractivity contribution in [3.05, 3.63) is 59.5 Å². The molecule has 24 heavy (non-hydrogen) atoms. The van der Waals surface area contributed by atoms with Gasteiger partial charge in [-0.2, -0.15) is 13.2 Å². The Morgan fingerprint density at radius 2 is 1.88 bits per heavy atom. The van der Waals surface area contributed by atoms with Crippen LogP contribution in [0.2, 0.25) is 0 Å². The molecule has 122 valence electrons. The van der Waals surface area contributed by atoms with Gasteiger partial charge in [0.25, 0.3) is 5.91 Å². The number of hydrogen-bond donors (Lipinski definition) is 1. The third-order valence-electron chi connectivity index (χ3n) is 3.03. The van der Waals surface area contributed by atoms with Gasteiger partial charge in [0.15, 0.2) is 5.13 Å². The lowest BCUT2D eigenvalue weighted by Gasteiger charge is -2.08. The van der Waals surface area contributed by atoms with Crippen LogP contribution in [0.25, 0.3) is 11.3 Å². The molecule has 0 aliphatic heterocycles. The molecule has 0 bridgehead atoms. The zero-order valence-corrected chi connectivity index (χ0v) is 12.7. The third kappa shape index (κ3) is 3.57. The van der Waals surface area contributed by atoms with Gasteiger partial charge in [0.2, 0.25) is 0 Å². The molecule has 2 aromatic heterocycles. The van der Waals surface area contributed by atoms with Crippen molar-refractivity contribution in [2.75, 3.05) is 5.32 Å². The van der Waals surface area contributed by atoms with Gasteiger partial charge in [-0.05, 0) is 12.1 Å². The summed E-state index contributed by atoms with van der Waals surface area (Å²) in [5.74, 6) is -0.494. The van der Waals surface area contributed by atoms with E-state index in [0.29, 0.717) is 16.4 Å². The highest BCUT2D eigenvalue weighted by atomic mass is 32.1. The summed E-state index contributed by atoms with van der Waals surface area (Å²) in [7, 11) is 0. The number of aromatic nitrogens is 3. The fourth-order valence-electron chi connectivity index (χ4n) is 1.89. The Kier molecular flexibility index (Phi) is 4.26. The minimum Gasteiger partial charge on any atom is -0.296 e. The van der Waals surface area contributed by atoms with E-state index in [-0.39, 0.29) is 5.69 Å². The molecule has 0 radical (unpaired) electrons. The van der Waals surface area contributed by atoms with Crippen LogP contribution in [-0.2, 0) is 6.18 Å². The first-order valence-corrected chi connectivity index (χ1v) is 7.52. The number of halogens is 3. The van der Waals surface area contributed by atoms with Crippen LogP contribution in [0.15, 0.2) is 48.2 Å². The van der Waals surface area contributed by atoms with Gasteiger partial charge in [0, 0.05) is 17.1 Å². The van der Waals surface area contributed by atoms with E-state index < -0.39 is 17.6 Å². The highest BCUT2D eigenvalue weighted by molar-refractivity contribution is 7.13. The monoisotopic (exact) mass is 350 g/mol. The van der Waals surface area contributed by atoms with E-state index in [2.05, 4.69) is 20.3 Å². The quantitative estimate of drug-likeness (QED) is 0.779. The summed E-state index contributed by atoms with van der Waals surface area (Å²) >= 11 is 1.25. The maximum absolute atomic E-state index is 12.6. The molecule has 1 aromatic carbocycles. The lowest BCUT2D eigenvalue weighted by Crippen LogP contribution is -2.14. The Bertz CT molecular complexity index is 848. The van der Waals surface area contributed by atoms with E-state index in [9.17, 15) is 18.0 Å². The predicted octanol–water partition coefficient (Wildman–Crippen LogP) is 3.87. The van der Waals surface area contributed by atoms with E-state index in [1.165, 1.54) is 35.9 Å². The van der Waals surface area contributed by atoms with Gasteiger partial charge >= 0.3 is 6.18 Å². The third-order valence-corrected chi connectivity index (χ3v) is 3.72. The number of carbonyl (C=O) groups excluding carboxylic acids is 1. The fraction of sp³-hybridized carbons (Fsp3) is 0.0667. The van der Waals surface area contributed by atoms with Crippen molar-refractivity contribution in [3.63, 3.8) is 0 Å². The number of amides is 1. The van der Waals surface area contributed by atoms with Crippen LogP contribution in [0, 0.1) is 0 Å². The summed E-state index contributed by atoms with van der Waals surface area (Å²) in [5, 5.41) is 4.69. The van der Waals surface area contributed by atoms with Crippen molar-refractivity contribution >= 4 is 22.4 Å². The zero-order valence-electron chi connectivity index (χ0n) is 11.9. The fourth-order valence-corrected chi connectivity index (χ4v) is 2.41. The Hall–Kier alpha value is -2.81. The van der Waals surface area contributed by atoms with E-state index in [1.807, 2.05) is 0 Å². The van der Waals surface area contributed by atoms with Gasteiger partial charge in [-0.25, -0.2) is 9.97 Å². The normalized spacial score (nSPS) is 11.3. The van der Waals surface area contributed by atoms with Gasteiger partial charge < -0.3 is 0 Å². The SMILES string of the molecule is O=C(Nc1nccs1)c1cncc(-c2ccc(C(F)(F)F)cc2)n1. The number of rotatable bonds is 3. The van der Waals surface area contributed by atoms with Crippen LogP contribution >= 0.6 is 11.3 Å². The molecule has 2 heterocycles. The van der Waals surface area contributed by atoms with Gasteiger partial charge in [-0.15, -0.1) is 11.3 Å². The van der Waals surface area contributed by atoms with Crippen LogP contribution < -0.4 is 5.32 Å². The molecule has 3 rings (SSSR count). The molecule has 0 fully saturated rings. The number of nitrogens with zero attached hydrogens (tertiary/aromatic N) is 3. The Balaban J connectivity index is 1.83.